The molecule has 2 heterocycles. The Bertz CT molecular complexity index is 1420. The van der Waals surface area contributed by atoms with E-state index in [0.29, 0.717) is 13.1 Å². The number of rotatable bonds is 8. The number of amides is 2. The molecule has 1 fully saturated rings. The number of urea groups is 1. The first-order chi connectivity index (χ1) is 18.2. The van der Waals surface area contributed by atoms with E-state index in [-0.39, 0.29) is 36.9 Å². The highest BCUT2D eigenvalue weighted by Crippen LogP contribution is 2.33. The van der Waals surface area contributed by atoms with Gasteiger partial charge < -0.3 is 30.3 Å². The van der Waals surface area contributed by atoms with Crippen LogP contribution in [0.15, 0.2) is 59.7 Å². The van der Waals surface area contributed by atoms with Gasteiger partial charge in [-0.15, -0.1) is 0 Å². The number of aromatic hydroxyl groups is 1. The fourth-order valence-corrected chi connectivity index (χ4v) is 4.33. The molecular weight excluding hydrogens is 486 g/mol. The number of hydrogen-bond donors (Lipinski definition) is 4. The summed E-state index contributed by atoms with van der Waals surface area (Å²) in [5.74, 6) is 4.91. The van der Waals surface area contributed by atoms with Gasteiger partial charge in [-0.05, 0) is 49.2 Å². The van der Waals surface area contributed by atoms with Crippen molar-refractivity contribution in [2.45, 2.75) is 39.0 Å². The van der Waals surface area contributed by atoms with Gasteiger partial charge in [-0.1, -0.05) is 36.1 Å². The Morgan fingerprint density at radius 2 is 1.74 bits per heavy atom. The van der Waals surface area contributed by atoms with Crippen LogP contribution in [0.4, 0.5) is 4.79 Å². The van der Waals surface area contributed by atoms with E-state index in [4.69, 9.17) is 5.11 Å². The number of carboxylic acids is 1. The average molecular weight is 516 g/mol. The lowest BCUT2D eigenvalue weighted by molar-refractivity contribution is -0.136. The lowest BCUT2D eigenvalue weighted by Crippen LogP contribution is -2.37. The maximum atomic E-state index is 13.2. The normalized spacial score (nSPS) is 15.0. The molecule has 0 radical (unpaired) electrons. The molecule has 4 rings (SSSR count). The molecular formula is C28H29N5O5. The first-order valence-electron chi connectivity index (χ1n) is 12.2. The van der Waals surface area contributed by atoms with Gasteiger partial charge in [0.1, 0.15) is 5.69 Å². The summed E-state index contributed by atoms with van der Waals surface area (Å²) in [5.41, 5.74) is 3.12. The van der Waals surface area contributed by atoms with Crippen molar-refractivity contribution < 1.29 is 19.8 Å². The largest absolute Gasteiger partial charge is 0.502 e. The molecule has 0 aliphatic carbocycles. The third-order valence-corrected chi connectivity index (χ3v) is 6.23. The van der Waals surface area contributed by atoms with Crippen LogP contribution in [0.1, 0.15) is 47.8 Å². The highest BCUT2D eigenvalue weighted by molar-refractivity contribution is 5.78. The Hall–Kier alpha value is -4.62. The van der Waals surface area contributed by atoms with Crippen molar-refractivity contribution in [3.8, 4) is 17.6 Å². The quantitative estimate of drug-likeness (QED) is 0.338. The number of nitrogens with one attached hydrogen (secondary N) is 2. The first-order valence-corrected chi connectivity index (χ1v) is 12.2. The summed E-state index contributed by atoms with van der Waals surface area (Å²) >= 11 is 0. The number of benzene rings is 2. The molecule has 1 aliphatic heterocycles. The van der Waals surface area contributed by atoms with Crippen molar-refractivity contribution in [3.05, 3.63) is 93.2 Å². The minimum Gasteiger partial charge on any atom is -0.502 e. The molecule has 38 heavy (non-hydrogen) atoms. The lowest BCUT2D eigenvalue weighted by Gasteiger charge is -2.27. The molecule has 0 saturated carbocycles. The van der Waals surface area contributed by atoms with E-state index >= 15 is 0 Å². The number of carbonyl (C=O) groups excluding carboxylic acids is 1. The van der Waals surface area contributed by atoms with E-state index in [0.717, 1.165) is 22.3 Å². The molecule has 0 bridgehead atoms. The van der Waals surface area contributed by atoms with E-state index in [1.807, 2.05) is 62.4 Å². The minimum atomic E-state index is -0.894. The minimum absolute atomic E-state index is 0.0340. The average Bonchev–Trinajstić information content (AvgIpc) is 3.22. The molecule has 2 aromatic carbocycles. The molecule has 10 heteroatoms. The Balaban J connectivity index is 1.44. The molecule has 1 atom stereocenters. The number of nitrogens with zero attached hydrogens (tertiary/aromatic N) is 3. The molecule has 4 N–H and O–H groups in total. The van der Waals surface area contributed by atoms with E-state index in [9.17, 15) is 19.5 Å². The zero-order valence-corrected chi connectivity index (χ0v) is 21.1. The third kappa shape index (κ3) is 6.19. The first kappa shape index (κ1) is 26.4. The van der Waals surface area contributed by atoms with Crippen molar-refractivity contribution >= 4 is 12.0 Å². The molecule has 3 aromatic rings. The van der Waals surface area contributed by atoms with Gasteiger partial charge in [-0.3, -0.25) is 9.59 Å². The number of carbonyl (C=O) groups is 2. The number of aromatic amines is 1. The highest BCUT2D eigenvalue weighted by Gasteiger charge is 2.39. The zero-order valence-electron chi connectivity index (χ0n) is 21.1. The molecule has 196 valence electrons. The zero-order chi connectivity index (χ0) is 27.2. The maximum absolute atomic E-state index is 13.2. The van der Waals surface area contributed by atoms with Crippen LogP contribution in [0, 0.1) is 11.8 Å². The van der Waals surface area contributed by atoms with E-state index in [1.165, 1.54) is 6.33 Å². The second-order valence-corrected chi connectivity index (χ2v) is 9.27. The van der Waals surface area contributed by atoms with Crippen LogP contribution in [0.3, 0.4) is 0 Å². The van der Waals surface area contributed by atoms with Crippen molar-refractivity contribution in [2.24, 2.45) is 0 Å². The number of carboxylic acid groups (broad SMARTS) is 1. The Labute approximate surface area is 220 Å². The second kappa shape index (κ2) is 11.6. The van der Waals surface area contributed by atoms with Gasteiger partial charge in [0.25, 0.3) is 5.56 Å². The van der Waals surface area contributed by atoms with Gasteiger partial charge in [0.15, 0.2) is 0 Å². The Morgan fingerprint density at radius 1 is 1.11 bits per heavy atom. The predicted octanol–water partition coefficient (Wildman–Crippen LogP) is 2.44. The van der Waals surface area contributed by atoms with Crippen LogP contribution in [0.2, 0.25) is 0 Å². The fraction of sp³-hybridized carbons (Fsp3) is 0.286. The van der Waals surface area contributed by atoms with Crippen molar-refractivity contribution in [1.29, 1.82) is 0 Å². The van der Waals surface area contributed by atoms with Crippen LogP contribution in [0.25, 0.3) is 0 Å². The molecule has 1 unspecified atom stereocenters. The van der Waals surface area contributed by atoms with E-state index < -0.39 is 17.3 Å². The summed E-state index contributed by atoms with van der Waals surface area (Å²) in [4.78, 5) is 45.2. The standard InChI is InChI=1S/C28H29N5O5/c1-18(2)33-24(16-32(28(33)38)15-23-26(36)27(37)31-17-30-23)22-11-9-20(10-12-22)4-3-19-5-7-21(8-6-19)13-29-14-25(34)35/h5-12,17-18,24,29,36H,13-16H2,1-2H3,(H,34,35)(H,30,31,37). The summed E-state index contributed by atoms with van der Waals surface area (Å²) in [6, 6.07) is 14.9. The van der Waals surface area contributed by atoms with Crippen molar-refractivity contribution in [2.75, 3.05) is 13.1 Å². The van der Waals surface area contributed by atoms with Crippen LogP contribution in [-0.2, 0) is 17.9 Å². The molecule has 2 amide bonds. The van der Waals surface area contributed by atoms with Crippen molar-refractivity contribution in [3.63, 3.8) is 0 Å². The van der Waals surface area contributed by atoms with Gasteiger partial charge in [0, 0.05) is 30.3 Å². The summed E-state index contributed by atoms with van der Waals surface area (Å²) in [5, 5.41) is 21.6. The Morgan fingerprint density at radius 3 is 2.34 bits per heavy atom. The fourth-order valence-electron chi connectivity index (χ4n) is 4.33. The summed E-state index contributed by atoms with van der Waals surface area (Å²) in [7, 11) is 0. The smallest absolute Gasteiger partial charge is 0.321 e. The predicted molar refractivity (Wildman–Crippen MR) is 140 cm³/mol. The highest BCUT2D eigenvalue weighted by atomic mass is 16.4. The van der Waals surface area contributed by atoms with Gasteiger partial charge in [0.05, 0.1) is 25.5 Å². The van der Waals surface area contributed by atoms with Crippen molar-refractivity contribution in [1.82, 2.24) is 25.1 Å². The second-order valence-electron chi connectivity index (χ2n) is 9.27. The van der Waals surface area contributed by atoms with Gasteiger partial charge in [-0.2, -0.15) is 0 Å². The van der Waals surface area contributed by atoms with Crippen LogP contribution >= 0.6 is 0 Å². The number of aliphatic carboxylic acids is 1. The summed E-state index contributed by atoms with van der Waals surface area (Å²) in [6.07, 6.45) is 1.21. The van der Waals surface area contributed by atoms with E-state index in [1.54, 1.807) is 9.80 Å². The summed E-state index contributed by atoms with van der Waals surface area (Å²) < 4.78 is 0. The lowest BCUT2D eigenvalue weighted by atomic mass is 10.0. The molecule has 1 saturated heterocycles. The van der Waals surface area contributed by atoms with Crippen LogP contribution in [0.5, 0.6) is 5.75 Å². The van der Waals surface area contributed by atoms with Gasteiger partial charge in [0.2, 0.25) is 5.75 Å². The Kier molecular flexibility index (Phi) is 8.09. The number of hydrogen-bond acceptors (Lipinski definition) is 6. The number of aromatic nitrogens is 2. The molecule has 1 aliphatic rings. The molecule has 10 nitrogen and oxygen atoms in total. The maximum Gasteiger partial charge on any atom is 0.321 e. The molecule has 0 spiro atoms. The van der Waals surface area contributed by atoms with Gasteiger partial charge in [-0.25, -0.2) is 9.78 Å². The third-order valence-electron chi connectivity index (χ3n) is 6.23. The van der Waals surface area contributed by atoms with Crippen LogP contribution < -0.4 is 10.9 Å². The van der Waals surface area contributed by atoms with E-state index in [2.05, 4.69) is 27.1 Å². The monoisotopic (exact) mass is 515 g/mol. The topological polar surface area (TPSA) is 139 Å². The van der Waals surface area contributed by atoms with Crippen LogP contribution in [-0.4, -0.2) is 61.1 Å². The number of H-pyrrole nitrogens is 1. The molecule has 1 aromatic heterocycles. The van der Waals surface area contributed by atoms with Gasteiger partial charge >= 0.3 is 12.0 Å². The summed E-state index contributed by atoms with van der Waals surface area (Å²) in [6.45, 7) is 4.71. The SMILES string of the molecule is CC(C)N1C(=O)N(Cc2nc[nH]c(=O)c2O)CC1c1ccc(C#Cc2ccc(CNCC(=O)O)cc2)cc1.